The molecule has 0 saturated carbocycles. The van der Waals surface area contributed by atoms with Crippen molar-refractivity contribution in [3.8, 4) is 11.5 Å². The molecule has 1 aliphatic rings. The third-order valence-electron chi connectivity index (χ3n) is 4.60. The molecule has 0 unspecified atom stereocenters. The number of ether oxygens (including phenoxy) is 2. The van der Waals surface area contributed by atoms with E-state index in [1.165, 1.54) is 12.8 Å². The molecule has 27 heavy (non-hydrogen) atoms. The number of carbonyl (C=O) groups is 1. The van der Waals surface area contributed by atoms with Gasteiger partial charge in [0.25, 0.3) is 5.91 Å². The number of aromatic nitrogens is 3. The molecule has 1 aromatic carbocycles. The fourth-order valence-corrected chi connectivity index (χ4v) is 3.20. The molecule has 2 aromatic rings. The zero-order valence-corrected chi connectivity index (χ0v) is 15.7. The van der Waals surface area contributed by atoms with Gasteiger partial charge in [0.2, 0.25) is 0 Å². The lowest BCUT2D eigenvalue weighted by molar-refractivity contribution is 0.0953. The fraction of sp³-hybridized carbons (Fsp3) is 0.450. The summed E-state index contributed by atoms with van der Waals surface area (Å²) in [4.78, 5) is 12.4. The Balaban J connectivity index is 1.58. The highest BCUT2D eigenvalue weighted by atomic mass is 16.5. The van der Waals surface area contributed by atoms with Crippen molar-refractivity contribution in [2.24, 2.45) is 0 Å². The monoisotopic (exact) mass is 370 g/mol. The molecule has 2 heterocycles. The molecular formula is C20H26N4O3. The smallest absolute Gasteiger partial charge is 0.251 e. The summed E-state index contributed by atoms with van der Waals surface area (Å²) in [6, 6.07) is 5.13. The van der Waals surface area contributed by atoms with E-state index in [0.29, 0.717) is 36.6 Å². The minimum atomic E-state index is -0.154. The largest absolute Gasteiger partial charge is 0.493 e. The molecule has 0 atom stereocenters. The molecule has 1 N–H and O–H groups in total. The molecule has 0 saturated heterocycles. The molecule has 7 nitrogen and oxygen atoms in total. The lowest BCUT2D eigenvalue weighted by Crippen LogP contribution is -2.26. The highest BCUT2D eigenvalue weighted by Crippen LogP contribution is 2.28. The number of amides is 1. The molecule has 0 bridgehead atoms. The van der Waals surface area contributed by atoms with Gasteiger partial charge in [-0.1, -0.05) is 19.1 Å². The first kappa shape index (κ1) is 18.9. The number of carbonyl (C=O) groups excluding carboxylic acids is 1. The Morgan fingerprint density at radius 2 is 2.19 bits per heavy atom. The zero-order chi connectivity index (χ0) is 19.1. The van der Waals surface area contributed by atoms with E-state index in [9.17, 15) is 4.79 Å². The first-order chi connectivity index (χ1) is 13.2. The molecule has 3 rings (SSSR count). The Morgan fingerprint density at radius 1 is 1.30 bits per heavy atom. The Labute approximate surface area is 159 Å². The van der Waals surface area contributed by atoms with Gasteiger partial charge >= 0.3 is 0 Å². The van der Waals surface area contributed by atoms with Crippen LogP contribution in [0.25, 0.3) is 0 Å². The Kier molecular flexibility index (Phi) is 6.46. The summed E-state index contributed by atoms with van der Waals surface area (Å²) < 4.78 is 13.0. The zero-order valence-electron chi connectivity index (χ0n) is 15.7. The van der Waals surface area contributed by atoms with Gasteiger partial charge in [0, 0.05) is 31.5 Å². The third-order valence-corrected chi connectivity index (χ3v) is 4.60. The first-order valence-corrected chi connectivity index (χ1v) is 9.34. The summed E-state index contributed by atoms with van der Waals surface area (Å²) in [5.41, 5.74) is 0.526. The van der Waals surface area contributed by atoms with Crippen molar-refractivity contribution >= 4 is 5.91 Å². The number of benzene rings is 1. The van der Waals surface area contributed by atoms with Gasteiger partial charge in [-0.3, -0.25) is 4.79 Å². The van der Waals surface area contributed by atoms with Gasteiger partial charge in [0.1, 0.15) is 18.3 Å². The quantitative estimate of drug-likeness (QED) is 0.723. The molecule has 7 heteroatoms. The second-order valence-electron chi connectivity index (χ2n) is 6.47. The maximum absolute atomic E-state index is 12.4. The van der Waals surface area contributed by atoms with Crippen molar-refractivity contribution in [1.82, 2.24) is 20.1 Å². The molecule has 144 valence electrons. The van der Waals surface area contributed by atoms with E-state index < -0.39 is 0 Å². The van der Waals surface area contributed by atoms with E-state index in [2.05, 4.69) is 26.7 Å². The normalized spacial score (nSPS) is 13.4. The summed E-state index contributed by atoms with van der Waals surface area (Å²) in [5.74, 6) is 2.96. The standard InChI is InChI=1S/C20H26N4O3/c1-3-13-27-16-9-8-15(14-17(16)26-2)20(25)21-11-10-19-23-22-18-7-5-4-6-12-24(18)19/h3,8-9,14H,1,4-7,10-13H2,2H3,(H,21,25). The van der Waals surface area contributed by atoms with Crippen LogP contribution in [0.1, 0.15) is 41.3 Å². The molecular weight excluding hydrogens is 344 g/mol. The van der Waals surface area contributed by atoms with E-state index in [4.69, 9.17) is 9.47 Å². The van der Waals surface area contributed by atoms with E-state index in [1.807, 2.05) is 0 Å². The SMILES string of the molecule is C=CCOc1ccc(C(=O)NCCc2nnc3n2CCCCC3)cc1OC. The second kappa shape index (κ2) is 9.21. The van der Waals surface area contributed by atoms with Crippen LogP contribution in [0.3, 0.4) is 0 Å². The lowest BCUT2D eigenvalue weighted by atomic mass is 10.2. The number of fused-ring (bicyclic) bond motifs is 1. The van der Waals surface area contributed by atoms with Crippen LogP contribution in [0.5, 0.6) is 11.5 Å². The van der Waals surface area contributed by atoms with Crippen LogP contribution in [0, 0.1) is 0 Å². The van der Waals surface area contributed by atoms with Crippen molar-refractivity contribution in [2.75, 3.05) is 20.3 Å². The molecule has 1 aromatic heterocycles. The number of aryl methyl sites for hydroxylation is 1. The van der Waals surface area contributed by atoms with Gasteiger partial charge in [-0.2, -0.15) is 0 Å². The highest BCUT2D eigenvalue weighted by molar-refractivity contribution is 5.94. The van der Waals surface area contributed by atoms with Crippen molar-refractivity contribution in [1.29, 1.82) is 0 Å². The first-order valence-electron chi connectivity index (χ1n) is 9.34. The van der Waals surface area contributed by atoms with Crippen LogP contribution in [-0.2, 0) is 19.4 Å². The van der Waals surface area contributed by atoms with Gasteiger partial charge in [-0.25, -0.2) is 0 Å². The van der Waals surface area contributed by atoms with Crippen LogP contribution in [0.4, 0.5) is 0 Å². The number of nitrogens with one attached hydrogen (secondary N) is 1. The fourth-order valence-electron chi connectivity index (χ4n) is 3.20. The van der Waals surface area contributed by atoms with Crippen LogP contribution in [0.15, 0.2) is 30.9 Å². The van der Waals surface area contributed by atoms with Gasteiger partial charge in [0.15, 0.2) is 11.5 Å². The third kappa shape index (κ3) is 4.67. The number of nitrogens with zero attached hydrogens (tertiary/aromatic N) is 3. The van der Waals surface area contributed by atoms with Crippen LogP contribution in [0.2, 0.25) is 0 Å². The van der Waals surface area contributed by atoms with Crippen molar-refractivity contribution < 1.29 is 14.3 Å². The number of hydrogen-bond donors (Lipinski definition) is 1. The predicted octanol–water partition coefficient (Wildman–Crippen LogP) is 2.55. The molecule has 1 aliphatic heterocycles. The maximum Gasteiger partial charge on any atom is 0.251 e. The van der Waals surface area contributed by atoms with E-state index >= 15 is 0 Å². The minimum absolute atomic E-state index is 0.154. The molecule has 1 amide bonds. The minimum Gasteiger partial charge on any atom is -0.493 e. The van der Waals surface area contributed by atoms with Gasteiger partial charge in [0.05, 0.1) is 7.11 Å². The van der Waals surface area contributed by atoms with E-state index in [0.717, 1.165) is 31.0 Å². The van der Waals surface area contributed by atoms with Crippen molar-refractivity contribution in [2.45, 2.75) is 38.6 Å². The number of methoxy groups -OCH3 is 1. The lowest BCUT2D eigenvalue weighted by Gasteiger charge is -2.11. The average Bonchev–Trinajstić information content (AvgIpc) is 2.92. The van der Waals surface area contributed by atoms with Crippen LogP contribution < -0.4 is 14.8 Å². The topological polar surface area (TPSA) is 78.3 Å². The van der Waals surface area contributed by atoms with Crippen molar-refractivity contribution in [3.63, 3.8) is 0 Å². The summed E-state index contributed by atoms with van der Waals surface area (Å²) in [5, 5.41) is 11.5. The van der Waals surface area contributed by atoms with E-state index in [1.54, 1.807) is 31.4 Å². The number of hydrogen-bond acceptors (Lipinski definition) is 5. The highest BCUT2D eigenvalue weighted by Gasteiger charge is 2.15. The number of rotatable bonds is 8. The van der Waals surface area contributed by atoms with Gasteiger partial charge in [-0.15, -0.1) is 10.2 Å². The molecule has 0 spiro atoms. The summed E-state index contributed by atoms with van der Waals surface area (Å²) >= 11 is 0. The Bertz CT molecular complexity index is 801. The second-order valence-corrected chi connectivity index (χ2v) is 6.47. The molecule has 0 radical (unpaired) electrons. The average molecular weight is 370 g/mol. The van der Waals surface area contributed by atoms with Gasteiger partial charge in [-0.05, 0) is 31.0 Å². The molecule has 0 aliphatic carbocycles. The van der Waals surface area contributed by atoms with Crippen LogP contribution >= 0.6 is 0 Å². The molecule has 0 fully saturated rings. The van der Waals surface area contributed by atoms with Gasteiger partial charge < -0.3 is 19.4 Å². The van der Waals surface area contributed by atoms with E-state index in [-0.39, 0.29) is 5.91 Å². The summed E-state index contributed by atoms with van der Waals surface area (Å²) in [6.45, 7) is 5.48. The Morgan fingerprint density at radius 3 is 3.00 bits per heavy atom. The van der Waals surface area contributed by atoms with Crippen LogP contribution in [-0.4, -0.2) is 40.9 Å². The summed E-state index contributed by atoms with van der Waals surface area (Å²) in [6.07, 6.45) is 6.86. The maximum atomic E-state index is 12.4. The summed E-state index contributed by atoms with van der Waals surface area (Å²) in [7, 11) is 1.55. The predicted molar refractivity (Wildman–Crippen MR) is 102 cm³/mol. The van der Waals surface area contributed by atoms with Crippen molar-refractivity contribution in [3.05, 3.63) is 48.1 Å². The Hall–Kier alpha value is -2.83.